The van der Waals surface area contributed by atoms with Crippen LogP contribution in [0.25, 0.3) is 0 Å². The first-order chi connectivity index (χ1) is 9.96. The Balaban J connectivity index is 2.39. The molecule has 1 aromatic rings. The first-order valence-electron chi connectivity index (χ1n) is 6.52. The molecule has 1 saturated heterocycles. The van der Waals surface area contributed by atoms with E-state index in [0.717, 1.165) is 0 Å². The molecule has 0 amide bonds. The highest BCUT2D eigenvalue weighted by Gasteiger charge is 2.33. The zero-order chi connectivity index (χ0) is 15.5. The summed E-state index contributed by atoms with van der Waals surface area (Å²) in [4.78, 5) is 10.0. The highest BCUT2D eigenvalue weighted by atomic mass is 32.2. The molecule has 1 aliphatic rings. The van der Waals surface area contributed by atoms with Gasteiger partial charge in [-0.05, 0) is 12.5 Å². The highest BCUT2D eigenvalue weighted by Crippen LogP contribution is 2.27. The molecule has 1 aliphatic heterocycles. The SMILES string of the molecule is NCC1CN(S(=O)(=O)c2ccccc2[N+](=O)[O-])CCCO1. The Bertz CT molecular complexity index is 619. The molecule has 1 fully saturated rings. The van der Waals surface area contributed by atoms with Gasteiger partial charge in [0.25, 0.3) is 5.69 Å². The van der Waals surface area contributed by atoms with Crippen LogP contribution in [0.2, 0.25) is 0 Å². The van der Waals surface area contributed by atoms with E-state index in [-0.39, 0.29) is 24.5 Å². The summed E-state index contributed by atoms with van der Waals surface area (Å²) in [7, 11) is -3.95. The van der Waals surface area contributed by atoms with Crippen molar-refractivity contribution < 1.29 is 18.1 Å². The van der Waals surface area contributed by atoms with E-state index < -0.39 is 26.7 Å². The summed E-state index contributed by atoms with van der Waals surface area (Å²) < 4.78 is 31.9. The van der Waals surface area contributed by atoms with Crippen LogP contribution in [-0.4, -0.2) is 50.0 Å². The molecule has 21 heavy (non-hydrogen) atoms. The second kappa shape index (κ2) is 6.48. The zero-order valence-corrected chi connectivity index (χ0v) is 12.2. The van der Waals surface area contributed by atoms with Crippen molar-refractivity contribution in [3.63, 3.8) is 0 Å². The lowest BCUT2D eigenvalue weighted by Gasteiger charge is -2.22. The molecule has 1 atom stereocenters. The number of nitro groups is 1. The number of hydrogen-bond acceptors (Lipinski definition) is 6. The van der Waals surface area contributed by atoms with Crippen molar-refractivity contribution in [2.75, 3.05) is 26.2 Å². The average Bonchev–Trinajstić information content (AvgIpc) is 2.73. The molecule has 0 saturated carbocycles. The van der Waals surface area contributed by atoms with E-state index in [2.05, 4.69) is 0 Å². The maximum Gasteiger partial charge on any atom is 0.289 e. The summed E-state index contributed by atoms with van der Waals surface area (Å²) in [5.74, 6) is 0. The van der Waals surface area contributed by atoms with Gasteiger partial charge >= 0.3 is 0 Å². The Hall–Kier alpha value is -1.55. The largest absolute Gasteiger partial charge is 0.375 e. The number of rotatable bonds is 4. The van der Waals surface area contributed by atoms with Crippen molar-refractivity contribution in [2.24, 2.45) is 5.73 Å². The van der Waals surface area contributed by atoms with Gasteiger partial charge in [-0.3, -0.25) is 10.1 Å². The fraction of sp³-hybridized carbons (Fsp3) is 0.500. The number of para-hydroxylation sites is 1. The monoisotopic (exact) mass is 315 g/mol. The van der Waals surface area contributed by atoms with Crippen molar-refractivity contribution in [1.82, 2.24) is 4.31 Å². The smallest absolute Gasteiger partial charge is 0.289 e. The maximum absolute atomic E-state index is 12.7. The van der Waals surface area contributed by atoms with Crippen LogP contribution in [0.15, 0.2) is 29.2 Å². The number of hydrogen-bond donors (Lipinski definition) is 1. The Kier molecular flexibility index (Phi) is 4.88. The van der Waals surface area contributed by atoms with Crippen molar-refractivity contribution >= 4 is 15.7 Å². The lowest BCUT2D eigenvalue weighted by Crippen LogP contribution is -2.39. The zero-order valence-electron chi connectivity index (χ0n) is 11.3. The third kappa shape index (κ3) is 3.38. The number of nitro benzene ring substituents is 1. The molecule has 2 N–H and O–H groups in total. The second-order valence-corrected chi connectivity index (χ2v) is 6.58. The van der Waals surface area contributed by atoms with E-state index in [4.69, 9.17) is 10.5 Å². The molecule has 0 spiro atoms. The second-order valence-electron chi connectivity index (χ2n) is 4.67. The average molecular weight is 315 g/mol. The Labute approximate surface area is 122 Å². The maximum atomic E-state index is 12.7. The summed E-state index contributed by atoms with van der Waals surface area (Å²) in [5.41, 5.74) is 5.12. The van der Waals surface area contributed by atoms with Gasteiger partial charge in [0.1, 0.15) is 0 Å². The van der Waals surface area contributed by atoms with Crippen LogP contribution < -0.4 is 5.73 Å². The summed E-state index contributed by atoms with van der Waals surface area (Å²) in [6.07, 6.45) is 0.126. The summed E-state index contributed by atoms with van der Waals surface area (Å²) in [6.45, 7) is 0.976. The molecule has 1 heterocycles. The summed E-state index contributed by atoms with van der Waals surface area (Å²) in [6, 6.07) is 5.33. The highest BCUT2D eigenvalue weighted by molar-refractivity contribution is 7.89. The third-order valence-corrected chi connectivity index (χ3v) is 5.17. The van der Waals surface area contributed by atoms with Gasteiger partial charge < -0.3 is 10.5 Å². The fourth-order valence-corrected chi connectivity index (χ4v) is 3.86. The van der Waals surface area contributed by atoms with E-state index >= 15 is 0 Å². The number of nitrogens with zero attached hydrogens (tertiary/aromatic N) is 2. The molecular weight excluding hydrogens is 298 g/mol. The molecule has 8 nitrogen and oxygen atoms in total. The minimum Gasteiger partial charge on any atom is -0.375 e. The van der Waals surface area contributed by atoms with E-state index in [1.54, 1.807) is 0 Å². The number of sulfonamides is 1. The molecule has 116 valence electrons. The number of nitrogens with two attached hydrogens (primary N) is 1. The first-order valence-corrected chi connectivity index (χ1v) is 7.96. The lowest BCUT2D eigenvalue weighted by atomic mass is 10.3. The van der Waals surface area contributed by atoms with Gasteiger partial charge in [0.05, 0.1) is 11.0 Å². The van der Waals surface area contributed by atoms with Crippen LogP contribution in [0.5, 0.6) is 0 Å². The molecule has 0 aromatic heterocycles. The van der Waals surface area contributed by atoms with Gasteiger partial charge in [-0.1, -0.05) is 12.1 Å². The Morgan fingerprint density at radius 1 is 1.43 bits per heavy atom. The van der Waals surface area contributed by atoms with E-state index in [1.165, 1.54) is 28.6 Å². The minimum absolute atomic E-state index is 0.102. The van der Waals surface area contributed by atoms with Gasteiger partial charge in [0.2, 0.25) is 10.0 Å². The first kappa shape index (κ1) is 15.8. The van der Waals surface area contributed by atoms with Gasteiger partial charge in [-0.15, -0.1) is 0 Å². The molecule has 0 aliphatic carbocycles. The molecule has 9 heteroatoms. The quantitative estimate of drug-likeness (QED) is 0.632. The minimum atomic E-state index is -3.95. The van der Waals surface area contributed by atoms with E-state index in [1.807, 2.05) is 0 Å². The van der Waals surface area contributed by atoms with E-state index in [0.29, 0.717) is 13.0 Å². The number of benzene rings is 1. The molecule has 1 aromatic carbocycles. The van der Waals surface area contributed by atoms with Crippen molar-refractivity contribution in [3.05, 3.63) is 34.4 Å². The van der Waals surface area contributed by atoms with Gasteiger partial charge in [0, 0.05) is 32.3 Å². The topological polar surface area (TPSA) is 116 Å². The normalized spacial score (nSPS) is 20.9. The fourth-order valence-electron chi connectivity index (χ4n) is 2.19. The number of ether oxygens (including phenoxy) is 1. The van der Waals surface area contributed by atoms with Crippen LogP contribution in [0.4, 0.5) is 5.69 Å². The Morgan fingerprint density at radius 2 is 2.14 bits per heavy atom. The van der Waals surface area contributed by atoms with Crippen molar-refractivity contribution in [2.45, 2.75) is 17.4 Å². The molecule has 0 radical (unpaired) electrons. The molecular formula is C12H17N3O5S. The lowest BCUT2D eigenvalue weighted by molar-refractivity contribution is -0.387. The molecule has 2 rings (SSSR count). The van der Waals surface area contributed by atoms with Gasteiger partial charge in [-0.25, -0.2) is 8.42 Å². The van der Waals surface area contributed by atoms with Crippen molar-refractivity contribution in [1.29, 1.82) is 0 Å². The van der Waals surface area contributed by atoms with Crippen LogP contribution in [0.1, 0.15) is 6.42 Å². The van der Waals surface area contributed by atoms with Gasteiger partial charge in [0.15, 0.2) is 4.90 Å². The van der Waals surface area contributed by atoms with Crippen molar-refractivity contribution in [3.8, 4) is 0 Å². The molecule has 0 bridgehead atoms. The Morgan fingerprint density at radius 3 is 2.81 bits per heavy atom. The van der Waals surface area contributed by atoms with E-state index in [9.17, 15) is 18.5 Å². The molecule has 1 unspecified atom stereocenters. The van der Waals surface area contributed by atoms with Crippen LogP contribution in [0.3, 0.4) is 0 Å². The predicted molar refractivity (Wildman–Crippen MR) is 75.3 cm³/mol. The predicted octanol–water partition coefficient (Wildman–Crippen LogP) is 0.333. The third-order valence-electron chi connectivity index (χ3n) is 3.26. The van der Waals surface area contributed by atoms with Crippen LogP contribution >= 0.6 is 0 Å². The standard InChI is InChI=1S/C12H17N3O5S/c13-8-10-9-14(6-3-7-20-10)21(18,19)12-5-2-1-4-11(12)15(16)17/h1-2,4-5,10H,3,6-9,13H2. The van der Waals surface area contributed by atoms with Gasteiger partial charge in [-0.2, -0.15) is 4.31 Å². The van der Waals surface area contributed by atoms with Crippen LogP contribution in [0, 0.1) is 10.1 Å². The summed E-state index contributed by atoms with van der Waals surface area (Å²) >= 11 is 0. The van der Waals surface area contributed by atoms with Crippen LogP contribution in [-0.2, 0) is 14.8 Å². The summed E-state index contributed by atoms with van der Waals surface area (Å²) in [5, 5.41) is 11.0.